The van der Waals surface area contributed by atoms with E-state index in [4.69, 9.17) is 4.74 Å². The molecular formula is C27H31N3O5S. The van der Waals surface area contributed by atoms with E-state index in [1.807, 2.05) is 55.0 Å². The number of nitrogens with zero attached hydrogens (tertiary/aromatic N) is 1. The Balaban J connectivity index is 1.84. The number of urea groups is 1. The van der Waals surface area contributed by atoms with Gasteiger partial charge in [-0.2, -0.15) is 0 Å². The van der Waals surface area contributed by atoms with Crippen molar-refractivity contribution >= 4 is 27.6 Å². The minimum absolute atomic E-state index is 0.0173. The molecule has 0 saturated heterocycles. The highest BCUT2D eigenvalue weighted by atomic mass is 32.2. The number of ether oxygens (including phenoxy) is 1. The quantitative estimate of drug-likeness (QED) is 0.431. The van der Waals surface area contributed by atoms with Crippen LogP contribution in [0.15, 0.2) is 83.8 Å². The first-order valence-corrected chi connectivity index (χ1v) is 13.2. The summed E-state index contributed by atoms with van der Waals surface area (Å²) in [6, 6.07) is 20.6. The summed E-state index contributed by atoms with van der Waals surface area (Å²) in [4.78, 5) is 27.9. The molecule has 36 heavy (non-hydrogen) atoms. The SMILES string of the molecule is CCc1cccc(S(=O)(=O)NC(=O)NC(Cc2ccccc2)C(=O)N(CC)c2ccc(OC)cc2)c1. The molecule has 2 N–H and O–H groups in total. The molecule has 3 rings (SSSR count). The first-order valence-electron chi connectivity index (χ1n) is 11.7. The number of likely N-dealkylation sites (N-methyl/N-ethyl adjacent to an activating group) is 1. The highest BCUT2D eigenvalue weighted by Crippen LogP contribution is 2.21. The van der Waals surface area contributed by atoms with E-state index in [9.17, 15) is 18.0 Å². The number of anilines is 1. The molecule has 0 saturated carbocycles. The second-order valence-corrected chi connectivity index (χ2v) is 9.79. The van der Waals surface area contributed by atoms with Crippen LogP contribution in [0.2, 0.25) is 0 Å². The molecule has 0 aliphatic heterocycles. The lowest BCUT2D eigenvalue weighted by atomic mass is 10.0. The van der Waals surface area contributed by atoms with Crippen molar-refractivity contribution in [1.29, 1.82) is 0 Å². The summed E-state index contributed by atoms with van der Waals surface area (Å²) in [5.41, 5.74) is 2.28. The summed E-state index contributed by atoms with van der Waals surface area (Å²) in [5, 5.41) is 2.58. The summed E-state index contributed by atoms with van der Waals surface area (Å²) < 4.78 is 32.9. The molecule has 8 nitrogen and oxygen atoms in total. The van der Waals surface area contributed by atoms with E-state index in [0.717, 1.165) is 11.1 Å². The topological polar surface area (TPSA) is 105 Å². The van der Waals surface area contributed by atoms with E-state index in [1.54, 1.807) is 37.4 Å². The number of methoxy groups -OCH3 is 1. The van der Waals surface area contributed by atoms with Gasteiger partial charge in [0, 0.05) is 18.7 Å². The number of benzene rings is 3. The third-order valence-corrected chi connectivity index (χ3v) is 7.03. The van der Waals surface area contributed by atoms with Gasteiger partial charge in [0.25, 0.3) is 10.0 Å². The maximum atomic E-state index is 13.6. The molecule has 0 aliphatic rings. The highest BCUT2D eigenvalue weighted by molar-refractivity contribution is 7.90. The predicted molar refractivity (Wildman–Crippen MR) is 140 cm³/mol. The van der Waals surface area contributed by atoms with Crippen molar-refractivity contribution in [2.24, 2.45) is 0 Å². The van der Waals surface area contributed by atoms with Gasteiger partial charge >= 0.3 is 6.03 Å². The summed E-state index contributed by atoms with van der Waals surface area (Å²) >= 11 is 0. The molecule has 0 bridgehead atoms. The third kappa shape index (κ3) is 6.85. The van der Waals surface area contributed by atoms with E-state index in [2.05, 4.69) is 5.32 Å². The molecule has 0 fully saturated rings. The molecule has 0 aliphatic carbocycles. The number of hydrogen-bond acceptors (Lipinski definition) is 5. The number of aryl methyl sites for hydroxylation is 1. The van der Waals surface area contributed by atoms with Crippen LogP contribution in [0.25, 0.3) is 0 Å². The standard InChI is InChI=1S/C27H31N3O5S/c1-4-20-12-9-13-24(18-20)36(33,34)29-27(32)28-25(19-21-10-7-6-8-11-21)26(31)30(5-2)22-14-16-23(35-3)17-15-22/h6-18,25H,4-5,19H2,1-3H3,(H2,28,29,32). The van der Waals surface area contributed by atoms with E-state index in [1.165, 1.54) is 17.0 Å². The fourth-order valence-electron chi connectivity index (χ4n) is 3.77. The highest BCUT2D eigenvalue weighted by Gasteiger charge is 2.28. The molecule has 3 amide bonds. The maximum absolute atomic E-state index is 13.6. The fourth-order valence-corrected chi connectivity index (χ4v) is 4.75. The van der Waals surface area contributed by atoms with E-state index in [0.29, 0.717) is 24.4 Å². The number of rotatable bonds is 10. The summed E-state index contributed by atoms with van der Waals surface area (Å²) in [5.74, 6) is 0.282. The Hall–Kier alpha value is -3.85. The number of hydrogen-bond donors (Lipinski definition) is 2. The van der Waals surface area contributed by atoms with Crippen LogP contribution in [0.1, 0.15) is 25.0 Å². The van der Waals surface area contributed by atoms with Crippen LogP contribution < -0.4 is 19.7 Å². The second-order valence-electron chi connectivity index (χ2n) is 8.10. The Kier molecular flexibility index (Phi) is 9.08. The van der Waals surface area contributed by atoms with Gasteiger partial charge in [-0.15, -0.1) is 0 Å². The van der Waals surface area contributed by atoms with Crippen molar-refractivity contribution in [3.63, 3.8) is 0 Å². The number of carbonyl (C=O) groups is 2. The smallest absolute Gasteiger partial charge is 0.329 e. The van der Waals surface area contributed by atoms with Crippen LogP contribution in [0, 0.1) is 0 Å². The van der Waals surface area contributed by atoms with Crippen LogP contribution in [-0.4, -0.2) is 40.1 Å². The minimum Gasteiger partial charge on any atom is -0.497 e. The van der Waals surface area contributed by atoms with Gasteiger partial charge < -0.3 is 15.0 Å². The van der Waals surface area contributed by atoms with Gasteiger partial charge in [0.1, 0.15) is 11.8 Å². The van der Waals surface area contributed by atoms with Crippen molar-refractivity contribution in [1.82, 2.24) is 10.0 Å². The molecule has 190 valence electrons. The van der Waals surface area contributed by atoms with E-state index < -0.39 is 22.1 Å². The van der Waals surface area contributed by atoms with Crippen molar-refractivity contribution in [3.05, 3.63) is 90.0 Å². The Bertz CT molecular complexity index is 1280. The largest absolute Gasteiger partial charge is 0.497 e. The summed E-state index contributed by atoms with van der Waals surface area (Å²) in [7, 11) is -2.56. The molecule has 0 radical (unpaired) electrons. The molecule has 3 aromatic rings. The maximum Gasteiger partial charge on any atom is 0.329 e. The molecule has 0 spiro atoms. The molecule has 3 aromatic carbocycles. The lowest BCUT2D eigenvalue weighted by Gasteiger charge is -2.27. The zero-order valence-electron chi connectivity index (χ0n) is 20.6. The van der Waals surface area contributed by atoms with Gasteiger partial charge in [-0.3, -0.25) is 4.79 Å². The Labute approximate surface area is 212 Å². The van der Waals surface area contributed by atoms with Crippen LogP contribution in [0.4, 0.5) is 10.5 Å². The van der Waals surface area contributed by atoms with Gasteiger partial charge in [0.15, 0.2) is 0 Å². The van der Waals surface area contributed by atoms with Gasteiger partial charge in [0.2, 0.25) is 5.91 Å². The number of sulfonamides is 1. The fraction of sp³-hybridized carbons (Fsp3) is 0.259. The Morgan fingerprint density at radius 1 is 0.917 bits per heavy atom. The average molecular weight is 510 g/mol. The normalized spacial score (nSPS) is 11.9. The Morgan fingerprint density at radius 3 is 2.19 bits per heavy atom. The number of nitrogens with one attached hydrogen (secondary N) is 2. The lowest BCUT2D eigenvalue weighted by Crippen LogP contribution is -2.53. The van der Waals surface area contributed by atoms with Gasteiger partial charge in [-0.05, 0) is 60.9 Å². The van der Waals surface area contributed by atoms with Gasteiger partial charge in [-0.1, -0.05) is 49.4 Å². The first kappa shape index (κ1) is 26.7. The molecule has 1 atom stereocenters. The minimum atomic E-state index is -4.12. The van der Waals surface area contributed by atoms with Gasteiger partial charge in [-0.25, -0.2) is 17.9 Å². The van der Waals surface area contributed by atoms with Crippen molar-refractivity contribution in [3.8, 4) is 5.75 Å². The monoisotopic (exact) mass is 509 g/mol. The Morgan fingerprint density at radius 2 is 1.58 bits per heavy atom. The predicted octanol–water partition coefficient (Wildman–Crippen LogP) is 3.91. The van der Waals surface area contributed by atoms with Crippen LogP contribution >= 0.6 is 0 Å². The third-order valence-electron chi connectivity index (χ3n) is 5.70. The number of amides is 3. The molecule has 9 heteroatoms. The molecule has 0 aromatic heterocycles. The zero-order valence-corrected chi connectivity index (χ0v) is 21.4. The molecule has 1 unspecified atom stereocenters. The van der Waals surface area contributed by atoms with Crippen molar-refractivity contribution in [2.75, 3.05) is 18.6 Å². The summed E-state index contributed by atoms with van der Waals surface area (Å²) in [6.07, 6.45) is 0.840. The first-order chi connectivity index (χ1) is 17.3. The zero-order chi connectivity index (χ0) is 26.1. The van der Waals surface area contributed by atoms with Crippen molar-refractivity contribution in [2.45, 2.75) is 37.6 Å². The summed E-state index contributed by atoms with van der Waals surface area (Å²) in [6.45, 7) is 4.09. The molecule has 0 heterocycles. The van der Waals surface area contributed by atoms with E-state index in [-0.39, 0.29) is 17.2 Å². The van der Waals surface area contributed by atoms with Crippen LogP contribution in [0.5, 0.6) is 5.75 Å². The number of carbonyl (C=O) groups excluding carboxylic acids is 2. The van der Waals surface area contributed by atoms with E-state index >= 15 is 0 Å². The van der Waals surface area contributed by atoms with Gasteiger partial charge in [0.05, 0.1) is 12.0 Å². The average Bonchev–Trinajstić information content (AvgIpc) is 2.89. The molecular weight excluding hydrogens is 478 g/mol. The van der Waals surface area contributed by atoms with Crippen LogP contribution in [0.3, 0.4) is 0 Å². The van der Waals surface area contributed by atoms with Crippen LogP contribution in [-0.2, 0) is 27.7 Å². The lowest BCUT2D eigenvalue weighted by molar-refractivity contribution is -0.120. The second kappa shape index (κ2) is 12.2. The van der Waals surface area contributed by atoms with Crippen molar-refractivity contribution < 1.29 is 22.7 Å².